The minimum Gasteiger partial charge on any atom is -0.268 e. The number of nitrogens with zero attached hydrogens (tertiary/aromatic N) is 2. The van der Waals surface area contributed by atoms with E-state index in [0.717, 1.165) is 31.2 Å². The molecule has 0 atom stereocenters. The average Bonchev–Trinajstić information content (AvgIpc) is 3.16. The highest BCUT2D eigenvalue weighted by molar-refractivity contribution is 7.90. The van der Waals surface area contributed by atoms with Crippen molar-refractivity contribution in [2.75, 3.05) is 5.75 Å². The van der Waals surface area contributed by atoms with Gasteiger partial charge in [-0.15, -0.1) is 0 Å². The van der Waals surface area contributed by atoms with E-state index < -0.39 is 15.9 Å². The Balaban J connectivity index is 1.81. The SMILES string of the molecule is Cn1ncc(C(=O)NS(=O)(=O)CC2CCCC2)c1-c1ccccc1. The molecule has 1 N–H and O–H groups in total. The van der Waals surface area contributed by atoms with Crippen LogP contribution in [-0.2, 0) is 17.1 Å². The van der Waals surface area contributed by atoms with Gasteiger partial charge in [-0.05, 0) is 18.8 Å². The van der Waals surface area contributed by atoms with Crippen molar-refractivity contribution in [3.05, 3.63) is 42.1 Å². The Labute approximate surface area is 141 Å². The van der Waals surface area contributed by atoms with Crippen LogP contribution in [0.5, 0.6) is 0 Å². The standard InChI is InChI=1S/C17H21N3O3S/c1-20-16(14-9-3-2-4-10-14)15(11-18-20)17(21)19-24(22,23)12-13-7-5-6-8-13/h2-4,9-11,13H,5-8,12H2,1H3,(H,19,21). The molecule has 1 heterocycles. The van der Waals surface area contributed by atoms with Crippen molar-refractivity contribution in [3.63, 3.8) is 0 Å². The average molecular weight is 347 g/mol. The van der Waals surface area contributed by atoms with Crippen LogP contribution in [0.25, 0.3) is 11.3 Å². The molecule has 1 aliphatic carbocycles. The van der Waals surface area contributed by atoms with Gasteiger partial charge in [-0.2, -0.15) is 5.10 Å². The number of aryl methyl sites for hydroxylation is 1. The smallest absolute Gasteiger partial charge is 0.268 e. The van der Waals surface area contributed by atoms with E-state index in [1.165, 1.54) is 6.20 Å². The fourth-order valence-corrected chi connectivity index (χ4v) is 4.70. The summed E-state index contributed by atoms with van der Waals surface area (Å²) >= 11 is 0. The van der Waals surface area contributed by atoms with E-state index >= 15 is 0 Å². The van der Waals surface area contributed by atoms with E-state index in [1.807, 2.05) is 30.3 Å². The monoisotopic (exact) mass is 347 g/mol. The summed E-state index contributed by atoms with van der Waals surface area (Å²) in [5.74, 6) is -0.461. The zero-order chi connectivity index (χ0) is 17.2. The second-order valence-electron chi connectivity index (χ2n) is 6.26. The van der Waals surface area contributed by atoms with Crippen LogP contribution in [-0.4, -0.2) is 29.9 Å². The van der Waals surface area contributed by atoms with Gasteiger partial charge in [0.2, 0.25) is 10.0 Å². The summed E-state index contributed by atoms with van der Waals surface area (Å²) in [6, 6.07) is 9.33. The van der Waals surface area contributed by atoms with Gasteiger partial charge in [-0.1, -0.05) is 43.2 Å². The molecule has 1 aliphatic rings. The molecule has 6 nitrogen and oxygen atoms in total. The van der Waals surface area contributed by atoms with Gasteiger partial charge < -0.3 is 0 Å². The highest BCUT2D eigenvalue weighted by Crippen LogP contribution is 2.26. The highest BCUT2D eigenvalue weighted by Gasteiger charge is 2.26. The fourth-order valence-electron chi connectivity index (χ4n) is 3.27. The van der Waals surface area contributed by atoms with Crippen LogP contribution < -0.4 is 4.72 Å². The molecule has 0 unspecified atom stereocenters. The van der Waals surface area contributed by atoms with Gasteiger partial charge in [-0.25, -0.2) is 13.1 Å². The lowest BCUT2D eigenvalue weighted by Crippen LogP contribution is -2.34. The van der Waals surface area contributed by atoms with E-state index in [4.69, 9.17) is 0 Å². The number of aromatic nitrogens is 2. The van der Waals surface area contributed by atoms with Gasteiger partial charge in [0.25, 0.3) is 5.91 Å². The number of sulfonamides is 1. The summed E-state index contributed by atoms with van der Waals surface area (Å²) in [4.78, 5) is 12.5. The molecule has 1 amide bonds. The topological polar surface area (TPSA) is 81.1 Å². The number of amides is 1. The molecule has 24 heavy (non-hydrogen) atoms. The molecular formula is C17H21N3O3S. The molecule has 0 saturated heterocycles. The molecule has 7 heteroatoms. The minimum atomic E-state index is -3.64. The molecule has 2 aromatic rings. The van der Waals surface area contributed by atoms with E-state index in [-0.39, 0.29) is 17.2 Å². The van der Waals surface area contributed by atoms with Crippen molar-refractivity contribution >= 4 is 15.9 Å². The zero-order valence-corrected chi connectivity index (χ0v) is 14.4. The molecule has 1 fully saturated rings. The first-order valence-corrected chi connectivity index (χ1v) is 9.74. The maximum absolute atomic E-state index is 12.5. The first kappa shape index (κ1) is 16.7. The number of carbonyl (C=O) groups excluding carboxylic acids is 1. The van der Waals surface area contributed by atoms with Gasteiger partial charge in [0, 0.05) is 12.6 Å². The van der Waals surface area contributed by atoms with Crippen LogP contribution in [0.3, 0.4) is 0 Å². The maximum atomic E-state index is 12.5. The number of hydrogen-bond acceptors (Lipinski definition) is 4. The quantitative estimate of drug-likeness (QED) is 0.900. The predicted molar refractivity (Wildman–Crippen MR) is 91.9 cm³/mol. The van der Waals surface area contributed by atoms with Gasteiger partial charge in [0.05, 0.1) is 23.2 Å². The van der Waals surface area contributed by atoms with Crippen LogP contribution in [0.4, 0.5) is 0 Å². The largest absolute Gasteiger partial charge is 0.268 e. The Kier molecular flexibility index (Phi) is 4.71. The Morgan fingerprint density at radius 3 is 2.58 bits per heavy atom. The van der Waals surface area contributed by atoms with Crippen molar-refractivity contribution in [1.29, 1.82) is 0 Å². The summed E-state index contributed by atoms with van der Waals surface area (Å²) in [5.41, 5.74) is 1.68. The van der Waals surface area contributed by atoms with Crippen molar-refractivity contribution < 1.29 is 13.2 Å². The predicted octanol–water partition coefficient (Wildman–Crippen LogP) is 2.34. The lowest BCUT2D eigenvalue weighted by Gasteiger charge is -2.11. The van der Waals surface area contributed by atoms with Gasteiger partial charge >= 0.3 is 0 Å². The summed E-state index contributed by atoms with van der Waals surface area (Å²) < 4.78 is 28.3. The number of rotatable bonds is 5. The molecule has 0 radical (unpaired) electrons. The molecule has 128 valence electrons. The third kappa shape index (κ3) is 3.67. The minimum absolute atomic E-state index is 0.0136. The van der Waals surface area contributed by atoms with Crippen LogP contribution >= 0.6 is 0 Å². The summed E-state index contributed by atoms with van der Waals surface area (Å²) in [7, 11) is -1.91. The third-order valence-corrected chi connectivity index (χ3v) is 5.82. The van der Waals surface area contributed by atoms with Crippen LogP contribution in [0.1, 0.15) is 36.0 Å². The first-order chi connectivity index (χ1) is 11.5. The highest BCUT2D eigenvalue weighted by atomic mass is 32.2. The molecule has 0 spiro atoms. The second kappa shape index (κ2) is 6.76. The number of hydrogen-bond donors (Lipinski definition) is 1. The van der Waals surface area contributed by atoms with E-state index in [9.17, 15) is 13.2 Å². The molecule has 1 aromatic heterocycles. The Bertz CT molecular complexity index is 822. The molecule has 0 bridgehead atoms. The first-order valence-electron chi connectivity index (χ1n) is 8.08. The lowest BCUT2D eigenvalue weighted by molar-refractivity contribution is 0.0982. The molecule has 0 aliphatic heterocycles. The van der Waals surface area contributed by atoms with Crippen LogP contribution in [0.2, 0.25) is 0 Å². The normalized spacial score (nSPS) is 15.5. The molecule has 3 rings (SSSR count). The number of carbonyl (C=O) groups is 1. The lowest BCUT2D eigenvalue weighted by atomic mass is 10.1. The number of benzene rings is 1. The Hall–Kier alpha value is -2.15. The van der Waals surface area contributed by atoms with E-state index in [0.29, 0.717) is 5.69 Å². The van der Waals surface area contributed by atoms with Gasteiger partial charge in [0.1, 0.15) is 0 Å². The molecule has 1 aromatic carbocycles. The molecule has 1 saturated carbocycles. The van der Waals surface area contributed by atoms with Crippen molar-refractivity contribution in [1.82, 2.24) is 14.5 Å². The fraction of sp³-hybridized carbons (Fsp3) is 0.412. The summed E-state index contributed by atoms with van der Waals surface area (Å²) in [6.45, 7) is 0. The number of nitrogens with one attached hydrogen (secondary N) is 1. The second-order valence-corrected chi connectivity index (χ2v) is 8.03. The third-order valence-electron chi connectivity index (χ3n) is 4.41. The van der Waals surface area contributed by atoms with Gasteiger partial charge in [-0.3, -0.25) is 9.48 Å². The van der Waals surface area contributed by atoms with Gasteiger partial charge in [0.15, 0.2) is 0 Å². The molecular weight excluding hydrogens is 326 g/mol. The van der Waals surface area contributed by atoms with Crippen LogP contribution in [0, 0.1) is 5.92 Å². The summed E-state index contributed by atoms with van der Waals surface area (Å²) in [6.07, 6.45) is 5.36. The Morgan fingerprint density at radius 1 is 1.25 bits per heavy atom. The Morgan fingerprint density at radius 2 is 1.92 bits per heavy atom. The van der Waals surface area contributed by atoms with Crippen molar-refractivity contribution in [2.45, 2.75) is 25.7 Å². The maximum Gasteiger partial charge on any atom is 0.268 e. The van der Waals surface area contributed by atoms with Crippen molar-refractivity contribution in [2.24, 2.45) is 13.0 Å². The zero-order valence-electron chi connectivity index (χ0n) is 13.6. The van der Waals surface area contributed by atoms with Crippen LogP contribution in [0.15, 0.2) is 36.5 Å². The van der Waals surface area contributed by atoms with E-state index in [1.54, 1.807) is 11.7 Å². The van der Waals surface area contributed by atoms with E-state index in [2.05, 4.69) is 9.82 Å². The van der Waals surface area contributed by atoms with Crippen molar-refractivity contribution in [3.8, 4) is 11.3 Å². The summed E-state index contributed by atoms with van der Waals surface area (Å²) in [5, 5.41) is 4.11.